The molecule has 0 radical (unpaired) electrons. The number of hydrazine groups is 1. The summed E-state index contributed by atoms with van der Waals surface area (Å²) in [4.78, 5) is 10.2. The van der Waals surface area contributed by atoms with Gasteiger partial charge in [-0.05, 0) is 12.8 Å². The van der Waals surface area contributed by atoms with Crippen molar-refractivity contribution >= 4 is 5.97 Å². The van der Waals surface area contributed by atoms with Crippen molar-refractivity contribution in [3.63, 3.8) is 0 Å². The van der Waals surface area contributed by atoms with Gasteiger partial charge in [0.15, 0.2) is 6.10 Å². The van der Waals surface area contributed by atoms with Gasteiger partial charge in [-0.15, -0.1) is 0 Å². The number of carbonyl (C=O) groups is 1. The number of carboxylic acid groups (broad SMARTS) is 1. The SMILES string of the molecule is CCC(CC)NNC[C@@H](O)C(=O)O. The van der Waals surface area contributed by atoms with E-state index in [4.69, 9.17) is 10.2 Å². The second kappa shape index (κ2) is 6.82. The number of hydrogen-bond acceptors (Lipinski definition) is 4. The normalized spacial score (nSPS) is 13.2. The fourth-order valence-corrected chi connectivity index (χ4v) is 0.880. The number of hydrogen-bond donors (Lipinski definition) is 4. The lowest BCUT2D eigenvalue weighted by molar-refractivity contribution is -0.146. The molecule has 0 saturated carbocycles. The van der Waals surface area contributed by atoms with Gasteiger partial charge >= 0.3 is 5.97 Å². The third-order valence-electron chi connectivity index (χ3n) is 1.87. The summed E-state index contributed by atoms with van der Waals surface area (Å²) in [5.74, 6) is -1.21. The molecule has 1 atom stereocenters. The Hall–Kier alpha value is -0.650. The van der Waals surface area contributed by atoms with Crippen LogP contribution in [0, 0.1) is 0 Å². The predicted octanol–water partition coefficient (Wildman–Crippen LogP) is -0.285. The van der Waals surface area contributed by atoms with Crippen LogP contribution in [0.4, 0.5) is 0 Å². The number of aliphatic carboxylic acids is 1. The van der Waals surface area contributed by atoms with Crippen molar-refractivity contribution in [1.82, 2.24) is 10.9 Å². The highest BCUT2D eigenvalue weighted by Gasteiger charge is 2.12. The number of rotatable bonds is 7. The van der Waals surface area contributed by atoms with Crippen molar-refractivity contribution in [2.24, 2.45) is 0 Å². The fourth-order valence-electron chi connectivity index (χ4n) is 0.880. The van der Waals surface area contributed by atoms with Gasteiger partial charge < -0.3 is 10.2 Å². The molecule has 0 amide bonds. The molecule has 4 N–H and O–H groups in total. The van der Waals surface area contributed by atoms with Crippen LogP contribution in [0.5, 0.6) is 0 Å². The van der Waals surface area contributed by atoms with E-state index in [0.29, 0.717) is 6.04 Å². The van der Waals surface area contributed by atoms with Gasteiger partial charge in [0.1, 0.15) is 0 Å². The second-order valence-electron chi connectivity index (χ2n) is 2.89. The summed E-state index contributed by atoms with van der Waals surface area (Å²) in [6.45, 7) is 4.10. The quantitative estimate of drug-likeness (QED) is 0.415. The smallest absolute Gasteiger partial charge is 0.333 e. The van der Waals surface area contributed by atoms with Gasteiger partial charge in [0.05, 0.1) is 0 Å². The molecule has 0 aromatic carbocycles. The topological polar surface area (TPSA) is 81.6 Å². The van der Waals surface area contributed by atoms with Crippen LogP contribution in [0.2, 0.25) is 0 Å². The molecule has 0 saturated heterocycles. The lowest BCUT2D eigenvalue weighted by atomic mass is 10.2. The summed E-state index contributed by atoms with van der Waals surface area (Å²) < 4.78 is 0. The highest BCUT2D eigenvalue weighted by molar-refractivity contribution is 5.72. The maximum atomic E-state index is 10.2. The average molecular weight is 190 g/mol. The number of aliphatic hydroxyl groups is 1. The van der Waals surface area contributed by atoms with E-state index in [1.54, 1.807) is 0 Å². The van der Waals surface area contributed by atoms with E-state index in [1.807, 2.05) is 13.8 Å². The van der Waals surface area contributed by atoms with Crippen LogP contribution >= 0.6 is 0 Å². The maximum Gasteiger partial charge on any atom is 0.333 e. The summed E-state index contributed by atoms with van der Waals surface area (Å²) in [5.41, 5.74) is 5.62. The highest BCUT2D eigenvalue weighted by Crippen LogP contribution is 1.93. The zero-order valence-electron chi connectivity index (χ0n) is 8.08. The molecular formula is C8H18N2O3. The first-order valence-electron chi connectivity index (χ1n) is 4.51. The maximum absolute atomic E-state index is 10.2. The van der Waals surface area contributed by atoms with Crippen molar-refractivity contribution in [3.8, 4) is 0 Å². The molecule has 5 nitrogen and oxygen atoms in total. The van der Waals surface area contributed by atoms with E-state index in [9.17, 15) is 4.79 Å². The van der Waals surface area contributed by atoms with E-state index < -0.39 is 12.1 Å². The fraction of sp³-hybridized carbons (Fsp3) is 0.875. The summed E-state index contributed by atoms with van der Waals surface area (Å²) in [5, 5.41) is 17.2. The standard InChI is InChI=1S/C8H18N2O3/c1-3-6(4-2)10-9-5-7(11)8(12)13/h6-7,9-11H,3-5H2,1-2H3,(H,12,13)/t7-/m1/s1. The van der Waals surface area contributed by atoms with Crippen LogP contribution in [0.3, 0.4) is 0 Å². The average Bonchev–Trinajstić information content (AvgIpc) is 2.12. The van der Waals surface area contributed by atoms with Gasteiger partial charge in [-0.25, -0.2) is 4.79 Å². The molecule has 13 heavy (non-hydrogen) atoms. The molecule has 0 aliphatic heterocycles. The van der Waals surface area contributed by atoms with Crippen LogP contribution in [-0.2, 0) is 4.79 Å². The second-order valence-corrected chi connectivity index (χ2v) is 2.89. The Morgan fingerprint density at radius 3 is 2.31 bits per heavy atom. The van der Waals surface area contributed by atoms with Gasteiger partial charge in [-0.3, -0.25) is 10.9 Å². The van der Waals surface area contributed by atoms with Crippen LogP contribution in [-0.4, -0.2) is 34.9 Å². The number of aliphatic hydroxyl groups excluding tert-OH is 1. The molecular weight excluding hydrogens is 172 g/mol. The predicted molar refractivity (Wildman–Crippen MR) is 49.2 cm³/mol. The minimum atomic E-state index is -1.35. The summed E-state index contributed by atoms with van der Waals surface area (Å²) in [6.07, 6.45) is 0.584. The first kappa shape index (κ1) is 12.3. The number of carboxylic acids is 1. The molecule has 0 aliphatic carbocycles. The monoisotopic (exact) mass is 190 g/mol. The first-order valence-corrected chi connectivity index (χ1v) is 4.51. The van der Waals surface area contributed by atoms with Gasteiger partial charge in [-0.2, -0.15) is 0 Å². The molecule has 0 spiro atoms. The molecule has 0 unspecified atom stereocenters. The van der Waals surface area contributed by atoms with Gasteiger partial charge in [0.25, 0.3) is 0 Å². The largest absolute Gasteiger partial charge is 0.479 e. The lowest BCUT2D eigenvalue weighted by Gasteiger charge is -2.16. The lowest BCUT2D eigenvalue weighted by Crippen LogP contribution is -2.45. The zero-order chi connectivity index (χ0) is 10.3. The van der Waals surface area contributed by atoms with Crippen molar-refractivity contribution in [2.45, 2.75) is 38.8 Å². The first-order chi connectivity index (χ1) is 6.11. The molecule has 0 aliphatic rings. The van der Waals surface area contributed by atoms with Crippen LogP contribution in [0.1, 0.15) is 26.7 Å². The highest BCUT2D eigenvalue weighted by atomic mass is 16.4. The molecule has 0 bridgehead atoms. The minimum Gasteiger partial charge on any atom is -0.479 e. The van der Waals surface area contributed by atoms with Crippen LogP contribution in [0.15, 0.2) is 0 Å². The molecule has 78 valence electrons. The molecule has 5 heteroatoms. The summed E-state index contributed by atoms with van der Waals surface area (Å²) >= 11 is 0. The van der Waals surface area contributed by atoms with E-state index in [-0.39, 0.29) is 6.54 Å². The van der Waals surface area contributed by atoms with Gasteiger partial charge in [0.2, 0.25) is 0 Å². The summed E-state index contributed by atoms with van der Waals surface area (Å²) in [6, 6.07) is 0.320. The van der Waals surface area contributed by atoms with Gasteiger partial charge in [-0.1, -0.05) is 13.8 Å². The Kier molecular flexibility index (Phi) is 6.48. The van der Waals surface area contributed by atoms with E-state index in [0.717, 1.165) is 12.8 Å². The third kappa shape index (κ3) is 5.57. The van der Waals surface area contributed by atoms with E-state index in [2.05, 4.69) is 10.9 Å². The Bertz CT molecular complexity index is 148. The van der Waals surface area contributed by atoms with E-state index >= 15 is 0 Å². The van der Waals surface area contributed by atoms with E-state index in [1.165, 1.54) is 0 Å². The van der Waals surface area contributed by atoms with Crippen molar-refractivity contribution < 1.29 is 15.0 Å². The number of nitrogens with one attached hydrogen (secondary N) is 2. The summed E-state index contributed by atoms with van der Waals surface area (Å²) in [7, 11) is 0. The Morgan fingerprint density at radius 2 is 1.92 bits per heavy atom. The van der Waals surface area contributed by atoms with Gasteiger partial charge in [0, 0.05) is 12.6 Å². The Labute approximate surface area is 78.1 Å². The molecule has 0 rings (SSSR count). The Morgan fingerprint density at radius 1 is 1.38 bits per heavy atom. The van der Waals surface area contributed by atoms with Crippen LogP contribution in [0.25, 0.3) is 0 Å². The van der Waals surface area contributed by atoms with Crippen LogP contribution < -0.4 is 10.9 Å². The van der Waals surface area contributed by atoms with Crippen molar-refractivity contribution in [2.75, 3.05) is 6.54 Å². The Balaban J connectivity index is 3.48. The zero-order valence-corrected chi connectivity index (χ0v) is 8.08. The van der Waals surface area contributed by atoms with Crippen molar-refractivity contribution in [3.05, 3.63) is 0 Å². The minimum absolute atomic E-state index is 0.0197. The molecule has 0 fully saturated rings. The van der Waals surface area contributed by atoms with Crippen molar-refractivity contribution in [1.29, 1.82) is 0 Å². The molecule has 0 heterocycles. The molecule has 0 aromatic rings. The third-order valence-corrected chi connectivity index (χ3v) is 1.87. The molecule has 0 aromatic heterocycles.